The molecule has 2 aromatic rings. The molecule has 3 amide bonds. The van der Waals surface area contributed by atoms with Gasteiger partial charge in [-0.2, -0.15) is 0 Å². The smallest absolute Gasteiger partial charge is 0.338 e. The van der Waals surface area contributed by atoms with E-state index in [0.717, 1.165) is 17.5 Å². The second kappa shape index (κ2) is 7.88. The fourth-order valence-electron chi connectivity index (χ4n) is 2.92. The van der Waals surface area contributed by atoms with Crippen LogP contribution in [0.3, 0.4) is 0 Å². The molecule has 3 rings (SSSR count). The van der Waals surface area contributed by atoms with Gasteiger partial charge in [0.1, 0.15) is 12.4 Å². The Balaban J connectivity index is 1.62. The van der Waals surface area contributed by atoms with Crippen molar-refractivity contribution in [2.24, 2.45) is 5.73 Å². The molecule has 0 radical (unpaired) electrons. The number of hydrogen-bond acceptors (Lipinski definition) is 4. The number of primary amides is 1. The second-order valence-corrected chi connectivity index (χ2v) is 6.09. The molecule has 0 aliphatic carbocycles. The van der Waals surface area contributed by atoms with E-state index in [1.807, 2.05) is 41.3 Å². The highest BCUT2D eigenvalue weighted by molar-refractivity contribution is 5.96. The van der Waals surface area contributed by atoms with Crippen molar-refractivity contribution in [2.75, 3.05) is 19.7 Å². The zero-order chi connectivity index (χ0) is 18.5. The van der Waals surface area contributed by atoms with Crippen LogP contribution in [0.2, 0.25) is 0 Å². The average molecular weight is 355 g/mol. The van der Waals surface area contributed by atoms with Crippen LogP contribution in [0.5, 0.6) is 5.75 Å². The Bertz CT molecular complexity index is 795. The summed E-state index contributed by atoms with van der Waals surface area (Å²) >= 11 is 0. The molecule has 0 unspecified atom stereocenters. The Kier molecular flexibility index (Phi) is 5.38. The minimum atomic E-state index is -0.928. The van der Waals surface area contributed by atoms with Crippen molar-refractivity contribution in [2.45, 2.75) is 13.0 Å². The van der Waals surface area contributed by atoms with E-state index < -0.39 is 6.03 Å². The largest absolute Gasteiger partial charge is 0.492 e. The lowest BCUT2D eigenvalue weighted by Crippen LogP contribution is -2.37. The highest BCUT2D eigenvalue weighted by Crippen LogP contribution is 2.25. The lowest BCUT2D eigenvalue weighted by atomic mass is 9.98. The van der Waals surface area contributed by atoms with Crippen LogP contribution in [-0.4, -0.2) is 46.8 Å². The predicted octanol–water partition coefficient (Wildman–Crippen LogP) is 2.03. The first-order valence-electron chi connectivity index (χ1n) is 8.39. The summed E-state index contributed by atoms with van der Waals surface area (Å²) in [6.07, 6.45) is 0.749. The zero-order valence-electron chi connectivity index (χ0n) is 14.3. The topological polar surface area (TPSA) is 96.1 Å². The number of carbonyl (C=O) groups is 2. The third-order valence-corrected chi connectivity index (χ3v) is 4.29. The SMILES string of the molecule is NC(=O)N(O)CCOc1ccc2c(c1)CCN(Cc1ccccc1)C2=O. The maximum absolute atomic E-state index is 12.7. The summed E-state index contributed by atoms with van der Waals surface area (Å²) in [5, 5.41) is 9.60. The normalized spacial score (nSPS) is 13.3. The Morgan fingerprint density at radius 1 is 1.23 bits per heavy atom. The van der Waals surface area contributed by atoms with Crippen molar-refractivity contribution < 1.29 is 19.5 Å². The van der Waals surface area contributed by atoms with Crippen LogP contribution >= 0.6 is 0 Å². The maximum Gasteiger partial charge on any atom is 0.338 e. The summed E-state index contributed by atoms with van der Waals surface area (Å²) in [6, 6.07) is 14.3. The predicted molar refractivity (Wildman–Crippen MR) is 94.9 cm³/mol. The molecular weight excluding hydrogens is 334 g/mol. The Hall–Kier alpha value is -3.06. The van der Waals surface area contributed by atoms with Crippen LogP contribution in [0.25, 0.3) is 0 Å². The van der Waals surface area contributed by atoms with E-state index in [1.165, 1.54) is 0 Å². The van der Waals surface area contributed by atoms with Gasteiger partial charge in [-0.05, 0) is 35.7 Å². The van der Waals surface area contributed by atoms with Gasteiger partial charge in [-0.15, -0.1) is 0 Å². The zero-order valence-corrected chi connectivity index (χ0v) is 14.3. The van der Waals surface area contributed by atoms with Gasteiger partial charge < -0.3 is 15.4 Å². The molecule has 136 valence electrons. The Morgan fingerprint density at radius 2 is 2.00 bits per heavy atom. The third kappa shape index (κ3) is 4.12. The second-order valence-electron chi connectivity index (χ2n) is 6.09. The van der Waals surface area contributed by atoms with Gasteiger partial charge in [0.2, 0.25) is 0 Å². The molecule has 2 aromatic carbocycles. The van der Waals surface area contributed by atoms with Gasteiger partial charge in [0.15, 0.2) is 0 Å². The summed E-state index contributed by atoms with van der Waals surface area (Å²) in [4.78, 5) is 25.3. The van der Waals surface area contributed by atoms with E-state index in [2.05, 4.69) is 0 Å². The average Bonchev–Trinajstić information content (AvgIpc) is 2.65. The van der Waals surface area contributed by atoms with Gasteiger partial charge in [0.05, 0.1) is 6.54 Å². The first kappa shape index (κ1) is 17.8. The number of carbonyl (C=O) groups excluding carboxylic acids is 2. The number of benzene rings is 2. The number of nitrogens with zero attached hydrogens (tertiary/aromatic N) is 2. The molecule has 3 N–H and O–H groups in total. The summed E-state index contributed by atoms with van der Waals surface area (Å²) in [7, 11) is 0. The van der Waals surface area contributed by atoms with E-state index >= 15 is 0 Å². The van der Waals surface area contributed by atoms with Crippen molar-refractivity contribution in [3.05, 3.63) is 65.2 Å². The van der Waals surface area contributed by atoms with E-state index in [4.69, 9.17) is 10.5 Å². The van der Waals surface area contributed by atoms with E-state index in [9.17, 15) is 14.8 Å². The monoisotopic (exact) mass is 355 g/mol. The molecule has 0 spiro atoms. The number of rotatable bonds is 6. The van der Waals surface area contributed by atoms with Crippen molar-refractivity contribution in [1.29, 1.82) is 0 Å². The van der Waals surface area contributed by atoms with Crippen molar-refractivity contribution >= 4 is 11.9 Å². The molecule has 26 heavy (non-hydrogen) atoms. The molecule has 7 heteroatoms. The number of ether oxygens (including phenoxy) is 1. The van der Waals surface area contributed by atoms with Crippen LogP contribution < -0.4 is 10.5 Å². The first-order valence-corrected chi connectivity index (χ1v) is 8.39. The molecule has 0 atom stereocenters. The highest BCUT2D eigenvalue weighted by atomic mass is 16.5. The minimum absolute atomic E-state index is 0.0110. The van der Waals surface area contributed by atoms with Crippen LogP contribution in [0, 0.1) is 0 Å². The molecule has 0 aromatic heterocycles. The van der Waals surface area contributed by atoms with E-state index in [1.54, 1.807) is 12.1 Å². The van der Waals surface area contributed by atoms with Crippen molar-refractivity contribution in [1.82, 2.24) is 9.96 Å². The lowest BCUT2D eigenvalue weighted by molar-refractivity contribution is -0.0464. The molecule has 1 aliphatic rings. The molecule has 0 bridgehead atoms. The molecular formula is C19H21N3O4. The van der Waals surface area contributed by atoms with Gasteiger partial charge in [0.25, 0.3) is 5.91 Å². The van der Waals surface area contributed by atoms with Crippen LogP contribution in [0.4, 0.5) is 4.79 Å². The van der Waals surface area contributed by atoms with Crippen molar-refractivity contribution in [3.63, 3.8) is 0 Å². The summed E-state index contributed by atoms with van der Waals surface area (Å²) < 4.78 is 5.52. The summed E-state index contributed by atoms with van der Waals surface area (Å²) in [5.41, 5.74) is 7.65. The van der Waals surface area contributed by atoms with Gasteiger partial charge in [-0.1, -0.05) is 30.3 Å². The van der Waals surface area contributed by atoms with Crippen molar-refractivity contribution in [3.8, 4) is 5.75 Å². The number of hydrogen-bond donors (Lipinski definition) is 2. The molecule has 0 fully saturated rings. The summed E-state index contributed by atoms with van der Waals surface area (Å²) in [6.45, 7) is 1.32. The minimum Gasteiger partial charge on any atom is -0.492 e. The molecule has 0 saturated heterocycles. The lowest BCUT2D eigenvalue weighted by Gasteiger charge is -2.29. The van der Waals surface area contributed by atoms with Gasteiger partial charge in [0, 0.05) is 18.7 Å². The van der Waals surface area contributed by atoms with Crippen LogP contribution in [-0.2, 0) is 13.0 Å². The number of hydroxylamine groups is 2. The Morgan fingerprint density at radius 3 is 2.73 bits per heavy atom. The fourth-order valence-corrected chi connectivity index (χ4v) is 2.92. The van der Waals surface area contributed by atoms with E-state index in [0.29, 0.717) is 29.5 Å². The molecule has 7 nitrogen and oxygen atoms in total. The van der Waals surface area contributed by atoms with Crippen LogP contribution in [0.15, 0.2) is 48.5 Å². The number of fused-ring (bicyclic) bond motifs is 1. The van der Waals surface area contributed by atoms with Gasteiger partial charge >= 0.3 is 6.03 Å². The van der Waals surface area contributed by atoms with Gasteiger partial charge in [-0.3, -0.25) is 10.0 Å². The number of urea groups is 1. The number of nitrogens with two attached hydrogens (primary N) is 1. The van der Waals surface area contributed by atoms with Crippen LogP contribution in [0.1, 0.15) is 21.5 Å². The fraction of sp³-hybridized carbons (Fsp3) is 0.263. The first-order chi connectivity index (χ1) is 12.5. The Labute approximate surface area is 151 Å². The molecule has 0 saturated carbocycles. The summed E-state index contributed by atoms with van der Waals surface area (Å²) in [5.74, 6) is 0.600. The quantitative estimate of drug-likeness (QED) is 0.612. The highest BCUT2D eigenvalue weighted by Gasteiger charge is 2.24. The standard InChI is InChI=1S/C19H21N3O4/c20-19(24)22(25)10-11-26-16-6-7-17-15(12-16)8-9-21(18(17)23)13-14-4-2-1-3-5-14/h1-7,12,25H,8-11,13H2,(H2,20,24). The number of amides is 3. The maximum atomic E-state index is 12.7. The third-order valence-electron chi connectivity index (χ3n) is 4.29. The molecule has 1 heterocycles. The van der Waals surface area contributed by atoms with E-state index in [-0.39, 0.29) is 19.1 Å². The molecule has 1 aliphatic heterocycles. The van der Waals surface area contributed by atoms with Gasteiger partial charge in [-0.25, -0.2) is 9.86 Å².